The Morgan fingerprint density at radius 1 is 1.33 bits per heavy atom. The molecule has 0 aliphatic rings. The minimum absolute atomic E-state index is 0.0862. The van der Waals surface area contributed by atoms with Gasteiger partial charge < -0.3 is 14.5 Å². The third-order valence-electron chi connectivity index (χ3n) is 3.47. The topological polar surface area (TPSA) is 90.1 Å². The minimum atomic E-state index is -0.436. The second kappa shape index (κ2) is 6.79. The van der Waals surface area contributed by atoms with Crippen LogP contribution in [0.3, 0.4) is 0 Å². The highest BCUT2D eigenvalue weighted by Crippen LogP contribution is 2.26. The fourth-order valence-corrected chi connectivity index (χ4v) is 2.79. The largest absolute Gasteiger partial charge is 0.496 e. The number of methoxy groups -OCH3 is 1. The Morgan fingerprint density at radius 2 is 2.17 bits per heavy atom. The molecule has 1 aromatic carbocycles. The molecule has 0 aliphatic heterocycles. The second-order valence-electron chi connectivity index (χ2n) is 5.23. The molecule has 2 heterocycles. The van der Waals surface area contributed by atoms with Gasteiger partial charge in [0, 0.05) is 11.8 Å². The third kappa shape index (κ3) is 3.28. The number of hydrogen-bond donors (Lipinski definition) is 1. The number of benzene rings is 1. The molecule has 0 unspecified atom stereocenters. The molecule has 124 valence electrons. The number of rotatable bonds is 5. The van der Waals surface area contributed by atoms with Crippen LogP contribution in [-0.4, -0.2) is 27.6 Å². The van der Waals surface area contributed by atoms with Crippen LogP contribution in [0.2, 0.25) is 0 Å². The van der Waals surface area contributed by atoms with E-state index in [4.69, 9.17) is 9.15 Å². The zero-order valence-corrected chi connectivity index (χ0v) is 14.3. The van der Waals surface area contributed by atoms with Crippen LogP contribution in [0.5, 0.6) is 5.75 Å². The van der Waals surface area contributed by atoms with Crippen molar-refractivity contribution in [2.45, 2.75) is 19.9 Å². The smallest absolute Gasteiger partial charge is 0.309 e. The van der Waals surface area contributed by atoms with Crippen LogP contribution in [-0.2, 0) is 0 Å². The summed E-state index contributed by atoms with van der Waals surface area (Å²) >= 11 is 1.22. The summed E-state index contributed by atoms with van der Waals surface area (Å²) in [5, 5.41) is 10.5. The number of nitrogens with one attached hydrogen (secondary N) is 1. The number of aryl methyl sites for hydroxylation is 1. The summed E-state index contributed by atoms with van der Waals surface area (Å²) in [7, 11) is 1.60. The zero-order chi connectivity index (χ0) is 17.1. The van der Waals surface area contributed by atoms with E-state index < -0.39 is 5.91 Å². The van der Waals surface area contributed by atoms with Gasteiger partial charge in [-0.3, -0.25) is 4.79 Å². The van der Waals surface area contributed by atoms with Crippen molar-refractivity contribution in [3.05, 3.63) is 47.5 Å². The van der Waals surface area contributed by atoms with Gasteiger partial charge in [0.2, 0.25) is 0 Å². The van der Waals surface area contributed by atoms with E-state index in [2.05, 4.69) is 19.9 Å². The maximum atomic E-state index is 12.3. The van der Waals surface area contributed by atoms with Crippen LogP contribution in [0.25, 0.3) is 10.8 Å². The predicted octanol–water partition coefficient (Wildman–Crippen LogP) is 3.00. The number of amides is 1. The summed E-state index contributed by atoms with van der Waals surface area (Å²) in [6, 6.07) is 7.28. The fraction of sp³-hybridized carbons (Fsp3) is 0.250. The van der Waals surface area contributed by atoms with E-state index in [1.54, 1.807) is 19.4 Å². The molecule has 0 saturated heterocycles. The molecule has 8 heteroatoms. The van der Waals surface area contributed by atoms with Gasteiger partial charge in [-0.15, -0.1) is 10.2 Å². The van der Waals surface area contributed by atoms with Crippen LogP contribution < -0.4 is 10.1 Å². The first-order chi connectivity index (χ1) is 11.6. The maximum Gasteiger partial charge on any atom is 0.309 e. The fourth-order valence-electron chi connectivity index (χ4n) is 2.27. The highest BCUT2D eigenvalue weighted by Gasteiger charge is 2.20. The Hall–Kier alpha value is -2.74. The summed E-state index contributed by atoms with van der Waals surface area (Å²) in [5.74, 6) is 0.471. The van der Waals surface area contributed by atoms with Crippen LogP contribution in [0.1, 0.15) is 34.8 Å². The molecule has 3 aromatic rings. The van der Waals surface area contributed by atoms with Crippen molar-refractivity contribution in [2.75, 3.05) is 7.11 Å². The number of carbonyl (C=O) groups excluding carboxylic acids is 1. The number of aromatic nitrogens is 3. The zero-order valence-electron chi connectivity index (χ0n) is 13.4. The van der Waals surface area contributed by atoms with E-state index >= 15 is 0 Å². The lowest BCUT2D eigenvalue weighted by atomic mass is 10.0. The average molecular weight is 344 g/mol. The molecule has 1 atom stereocenters. The van der Waals surface area contributed by atoms with Crippen molar-refractivity contribution in [1.82, 2.24) is 19.9 Å². The first kappa shape index (κ1) is 16.1. The Bertz CT molecular complexity index is 845. The molecular weight excluding hydrogens is 328 g/mol. The maximum absolute atomic E-state index is 12.3. The third-order valence-corrected chi connectivity index (χ3v) is 4.20. The van der Waals surface area contributed by atoms with Crippen molar-refractivity contribution in [3.8, 4) is 16.5 Å². The predicted molar refractivity (Wildman–Crippen MR) is 89.0 cm³/mol. The van der Waals surface area contributed by atoms with Crippen LogP contribution >= 0.6 is 11.5 Å². The lowest BCUT2D eigenvalue weighted by molar-refractivity contribution is 0.0905. The van der Waals surface area contributed by atoms with Gasteiger partial charge in [0.05, 0.1) is 13.2 Å². The van der Waals surface area contributed by atoms with Gasteiger partial charge in [-0.1, -0.05) is 17.7 Å². The summed E-state index contributed by atoms with van der Waals surface area (Å²) in [5.41, 5.74) is 1.96. The van der Waals surface area contributed by atoms with Gasteiger partial charge in [-0.05, 0) is 37.5 Å². The Labute approximate surface area is 142 Å². The van der Waals surface area contributed by atoms with Gasteiger partial charge >= 0.3 is 11.8 Å². The average Bonchev–Trinajstić information content (AvgIpc) is 3.25. The Morgan fingerprint density at radius 3 is 2.88 bits per heavy atom. The second-order valence-corrected chi connectivity index (χ2v) is 6.06. The molecule has 0 bridgehead atoms. The highest BCUT2D eigenvalue weighted by atomic mass is 32.1. The normalized spacial score (nSPS) is 12.0. The van der Waals surface area contributed by atoms with Crippen LogP contribution in [0.15, 0.2) is 34.9 Å². The van der Waals surface area contributed by atoms with Crippen molar-refractivity contribution < 1.29 is 13.9 Å². The van der Waals surface area contributed by atoms with Crippen LogP contribution in [0, 0.1) is 6.92 Å². The Kier molecular flexibility index (Phi) is 4.57. The molecule has 0 spiro atoms. The summed E-state index contributed by atoms with van der Waals surface area (Å²) in [4.78, 5) is 13.1. The summed E-state index contributed by atoms with van der Waals surface area (Å²) in [6.45, 7) is 3.85. The van der Waals surface area contributed by atoms with Crippen molar-refractivity contribution in [3.63, 3.8) is 0 Å². The molecule has 3 rings (SSSR count). The van der Waals surface area contributed by atoms with E-state index in [0.717, 1.165) is 16.0 Å². The number of nitrogens with zero attached hydrogens (tertiary/aromatic N) is 3. The molecule has 24 heavy (non-hydrogen) atoms. The first-order valence-electron chi connectivity index (χ1n) is 7.28. The van der Waals surface area contributed by atoms with Crippen LogP contribution in [0.4, 0.5) is 0 Å². The standard InChI is InChI=1S/C16H16N4O3S/c1-9-4-5-12(22-3)11(8-9)10(2)18-14(21)16-20-19-15(23-16)13-6-7-17-24-13/h4-8,10H,1-3H3,(H,18,21)/t10-/m0/s1. The van der Waals surface area contributed by atoms with Crippen molar-refractivity contribution in [2.24, 2.45) is 0 Å². The van der Waals surface area contributed by atoms with Gasteiger partial charge in [0.25, 0.3) is 5.89 Å². The Balaban J connectivity index is 1.76. The molecule has 0 aliphatic carbocycles. The van der Waals surface area contributed by atoms with E-state index in [1.165, 1.54) is 11.5 Å². The molecule has 0 saturated carbocycles. The van der Waals surface area contributed by atoms with Gasteiger partial charge in [0.15, 0.2) is 0 Å². The monoisotopic (exact) mass is 344 g/mol. The molecule has 0 radical (unpaired) electrons. The number of hydrogen-bond acceptors (Lipinski definition) is 7. The highest BCUT2D eigenvalue weighted by molar-refractivity contribution is 7.09. The lowest BCUT2D eigenvalue weighted by Gasteiger charge is -2.17. The van der Waals surface area contributed by atoms with E-state index in [-0.39, 0.29) is 17.8 Å². The van der Waals surface area contributed by atoms with E-state index in [0.29, 0.717) is 5.75 Å². The van der Waals surface area contributed by atoms with Crippen molar-refractivity contribution >= 4 is 17.4 Å². The SMILES string of the molecule is COc1ccc(C)cc1[C@H](C)NC(=O)c1nnc(-c2ccns2)o1. The van der Waals surface area contributed by atoms with Gasteiger partial charge in [-0.2, -0.15) is 0 Å². The first-order valence-corrected chi connectivity index (χ1v) is 8.05. The van der Waals surface area contributed by atoms with Gasteiger partial charge in [0.1, 0.15) is 10.6 Å². The molecule has 1 amide bonds. The quantitative estimate of drug-likeness (QED) is 0.765. The van der Waals surface area contributed by atoms with E-state index in [1.807, 2.05) is 32.0 Å². The number of ether oxygens (including phenoxy) is 1. The molecule has 2 aromatic heterocycles. The molecule has 7 nitrogen and oxygen atoms in total. The summed E-state index contributed by atoms with van der Waals surface area (Å²) in [6.07, 6.45) is 1.63. The van der Waals surface area contributed by atoms with Gasteiger partial charge in [-0.25, -0.2) is 4.37 Å². The molecule has 1 N–H and O–H groups in total. The van der Waals surface area contributed by atoms with Crippen molar-refractivity contribution in [1.29, 1.82) is 0 Å². The molecular formula is C16H16N4O3S. The number of carbonyl (C=O) groups is 1. The minimum Gasteiger partial charge on any atom is -0.496 e. The lowest BCUT2D eigenvalue weighted by Crippen LogP contribution is -2.27. The molecule has 0 fully saturated rings. The van der Waals surface area contributed by atoms with E-state index in [9.17, 15) is 4.79 Å². The summed E-state index contributed by atoms with van der Waals surface area (Å²) < 4.78 is 14.7.